The Morgan fingerprint density at radius 3 is 2.17 bits per heavy atom. The average molecular weight is 252 g/mol. The van der Waals surface area contributed by atoms with E-state index < -0.39 is 6.36 Å². The lowest BCUT2D eigenvalue weighted by atomic mass is 10.0. The molecule has 2 aromatic rings. The van der Waals surface area contributed by atoms with Gasteiger partial charge in [-0.3, -0.25) is 0 Å². The summed E-state index contributed by atoms with van der Waals surface area (Å²) < 4.78 is 40.7. The molecule has 0 aliphatic rings. The number of alkyl halides is 3. The summed E-state index contributed by atoms with van der Waals surface area (Å²) in [5.74, 6) is -0.163. The largest absolute Gasteiger partial charge is 0.573 e. The molecule has 0 amide bonds. The van der Waals surface area contributed by atoms with Crippen molar-refractivity contribution in [1.29, 1.82) is 0 Å². The fraction of sp³-hybridized carbons (Fsp3) is 0.143. The van der Waals surface area contributed by atoms with Crippen molar-refractivity contribution in [3.05, 3.63) is 54.1 Å². The second-order valence-electron chi connectivity index (χ2n) is 3.89. The first-order valence-corrected chi connectivity index (χ1v) is 5.37. The van der Waals surface area contributed by atoms with E-state index in [1.54, 1.807) is 19.1 Å². The van der Waals surface area contributed by atoms with Gasteiger partial charge in [-0.05, 0) is 29.7 Å². The Hall–Kier alpha value is -1.97. The van der Waals surface area contributed by atoms with E-state index in [1.165, 1.54) is 6.07 Å². The van der Waals surface area contributed by atoms with Crippen molar-refractivity contribution in [1.82, 2.24) is 0 Å². The maximum absolute atomic E-state index is 12.2. The number of aryl methyl sites for hydroxylation is 1. The van der Waals surface area contributed by atoms with Crippen LogP contribution < -0.4 is 4.74 Å². The quantitative estimate of drug-likeness (QED) is 0.761. The summed E-state index contributed by atoms with van der Waals surface area (Å²) in [4.78, 5) is 0. The van der Waals surface area contributed by atoms with Gasteiger partial charge in [0.15, 0.2) is 0 Å². The predicted octanol–water partition coefficient (Wildman–Crippen LogP) is 4.56. The Labute approximate surface area is 103 Å². The molecule has 0 heterocycles. The normalized spacial score (nSPS) is 11.3. The third-order valence-electron chi connectivity index (χ3n) is 2.52. The molecule has 0 saturated carbocycles. The molecule has 0 bridgehead atoms. The number of ether oxygens (including phenoxy) is 1. The fourth-order valence-electron chi connectivity index (χ4n) is 1.64. The van der Waals surface area contributed by atoms with E-state index >= 15 is 0 Å². The van der Waals surface area contributed by atoms with Crippen LogP contribution in [0.5, 0.6) is 5.75 Å². The number of rotatable bonds is 2. The number of hydrogen-bond donors (Lipinski definition) is 0. The highest BCUT2D eigenvalue weighted by Crippen LogP contribution is 2.30. The first-order chi connectivity index (χ1) is 8.46. The molecule has 0 aliphatic carbocycles. The van der Waals surface area contributed by atoms with Crippen molar-refractivity contribution in [3.8, 4) is 16.9 Å². The van der Waals surface area contributed by atoms with Gasteiger partial charge in [0, 0.05) is 0 Å². The molecule has 0 saturated heterocycles. The molecule has 0 spiro atoms. The first-order valence-electron chi connectivity index (χ1n) is 5.37. The maximum atomic E-state index is 12.2. The summed E-state index contributed by atoms with van der Waals surface area (Å²) in [6.07, 6.45) is -4.67. The summed E-state index contributed by atoms with van der Waals surface area (Å²) in [7, 11) is 0. The minimum Gasteiger partial charge on any atom is -0.405 e. The van der Waals surface area contributed by atoms with Crippen molar-refractivity contribution in [2.24, 2.45) is 0 Å². The lowest BCUT2D eigenvalue weighted by Crippen LogP contribution is -2.17. The molecule has 0 unspecified atom stereocenters. The molecule has 1 nitrogen and oxygen atoms in total. The topological polar surface area (TPSA) is 9.23 Å². The molecule has 94 valence electrons. The molecule has 0 atom stereocenters. The van der Waals surface area contributed by atoms with Gasteiger partial charge in [-0.1, -0.05) is 42.5 Å². The van der Waals surface area contributed by atoms with Crippen LogP contribution in [0.3, 0.4) is 0 Å². The summed E-state index contributed by atoms with van der Waals surface area (Å²) in [5.41, 5.74) is 2.00. The van der Waals surface area contributed by atoms with Crippen LogP contribution in [0.15, 0.2) is 48.5 Å². The van der Waals surface area contributed by atoms with Crippen LogP contribution in [0, 0.1) is 6.92 Å². The Balaban J connectivity index is 2.38. The predicted molar refractivity (Wildman–Crippen MR) is 63.3 cm³/mol. The van der Waals surface area contributed by atoms with Crippen molar-refractivity contribution >= 4 is 0 Å². The van der Waals surface area contributed by atoms with E-state index in [0.717, 1.165) is 5.56 Å². The van der Waals surface area contributed by atoms with Gasteiger partial charge in [0.05, 0.1) is 0 Å². The third kappa shape index (κ3) is 3.03. The van der Waals surface area contributed by atoms with Gasteiger partial charge in [-0.25, -0.2) is 0 Å². The number of halogens is 3. The van der Waals surface area contributed by atoms with Crippen LogP contribution in [0.2, 0.25) is 0 Å². The molecule has 0 aromatic heterocycles. The minimum absolute atomic E-state index is 0.163. The van der Waals surface area contributed by atoms with E-state index in [-0.39, 0.29) is 5.75 Å². The molecule has 2 rings (SSSR count). The van der Waals surface area contributed by atoms with Crippen molar-refractivity contribution < 1.29 is 17.9 Å². The fourth-order valence-corrected chi connectivity index (χ4v) is 1.64. The third-order valence-corrected chi connectivity index (χ3v) is 2.52. The number of benzene rings is 2. The SMILES string of the molecule is Cc1ccc(-c2ccccc2)cc1OC(F)(F)F. The van der Waals surface area contributed by atoms with E-state index in [4.69, 9.17) is 0 Å². The lowest BCUT2D eigenvalue weighted by molar-refractivity contribution is -0.274. The van der Waals surface area contributed by atoms with Gasteiger partial charge < -0.3 is 4.74 Å². The second kappa shape index (κ2) is 4.72. The monoisotopic (exact) mass is 252 g/mol. The van der Waals surface area contributed by atoms with Crippen LogP contribution in [0.1, 0.15) is 5.56 Å². The van der Waals surface area contributed by atoms with Crippen LogP contribution in [-0.4, -0.2) is 6.36 Å². The zero-order chi connectivity index (χ0) is 13.2. The molecule has 0 N–H and O–H groups in total. The molecule has 0 aliphatic heterocycles. The van der Waals surface area contributed by atoms with Gasteiger partial charge in [-0.2, -0.15) is 0 Å². The van der Waals surface area contributed by atoms with Gasteiger partial charge in [0.25, 0.3) is 0 Å². The van der Waals surface area contributed by atoms with E-state index in [1.807, 2.05) is 30.3 Å². The lowest BCUT2D eigenvalue weighted by Gasteiger charge is -2.12. The van der Waals surface area contributed by atoms with Crippen molar-refractivity contribution in [2.45, 2.75) is 13.3 Å². The highest BCUT2D eigenvalue weighted by Gasteiger charge is 2.31. The van der Waals surface area contributed by atoms with Crippen LogP contribution in [0.4, 0.5) is 13.2 Å². The van der Waals surface area contributed by atoms with E-state index in [0.29, 0.717) is 11.1 Å². The summed E-state index contributed by atoms with van der Waals surface area (Å²) >= 11 is 0. The van der Waals surface area contributed by atoms with E-state index in [2.05, 4.69) is 4.74 Å². The molecular formula is C14H11F3O. The molecule has 0 fully saturated rings. The van der Waals surface area contributed by atoms with Crippen molar-refractivity contribution in [3.63, 3.8) is 0 Å². The minimum atomic E-state index is -4.67. The average Bonchev–Trinajstić information content (AvgIpc) is 2.31. The van der Waals surface area contributed by atoms with Gasteiger partial charge >= 0.3 is 6.36 Å². The Bertz CT molecular complexity index is 532. The highest BCUT2D eigenvalue weighted by atomic mass is 19.4. The van der Waals surface area contributed by atoms with Crippen LogP contribution in [-0.2, 0) is 0 Å². The van der Waals surface area contributed by atoms with Gasteiger partial charge in [-0.15, -0.1) is 13.2 Å². The molecular weight excluding hydrogens is 241 g/mol. The van der Waals surface area contributed by atoms with E-state index in [9.17, 15) is 13.2 Å². The standard InChI is InChI=1S/C14H11F3O/c1-10-7-8-12(11-5-3-2-4-6-11)9-13(10)18-14(15,16)17/h2-9H,1H3. The van der Waals surface area contributed by atoms with Gasteiger partial charge in [0.1, 0.15) is 5.75 Å². The Morgan fingerprint density at radius 2 is 1.56 bits per heavy atom. The summed E-state index contributed by atoms with van der Waals surface area (Å²) in [6, 6.07) is 14.0. The van der Waals surface area contributed by atoms with Gasteiger partial charge in [0.2, 0.25) is 0 Å². The molecule has 2 aromatic carbocycles. The number of hydrogen-bond acceptors (Lipinski definition) is 1. The Morgan fingerprint density at radius 1 is 0.889 bits per heavy atom. The first kappa shape index (κ1) is 12.5. The summed E-state index contributed by atoms with van der Waals surface area (Å²) in [6.45, 7) is 1.58. The maximum Gasteiger partial charge on any atom is 0.573 e. The molecule has 0 radical (unpaired) electrons. The highest BCUT2D eigenvalue weighted by molar-refractivity contribution is 5.65. The second-order valence-corrected chi connectivity index (χ2v) is 3.89. The Kier molecular flexibility index (Phi) is 3.28. The van der Waals surface area contributed by atoms with Crippen LogP contribution in [0.25, 0.3) is 11.1 Å². The van der Waals surface area contributed by atoms with Crippen molar-refractivity contribution in [2.75, 3.05) is 0 Å². The molecule has 18 heavy (non-hydrogen) atoms. The summed E-state index contributed by atoms with van der Waals surface area (Å²) in [5, 5.41) is 0. The zero-order valence-corrected chi connectivity index (χ0v) is 9.66. The van der Waals surface area contributed by atoms with Crippen LogP contribution >= 0.6 is 0 Å². The smallest absolute Gasteiger partial charge is 0.405 e. The molecule has 4 heteroatoms. The zero-order valence-electron chi connectivity index (χ0n) is 9.66.